The molecule has 0 aliphatic heterocycles. The van der Waals surface area contributed by atoms with Crippen molar-refractivity contribution in [2.75, 3.05) is 0 Å². The first-order valence-corrected chi connectivity index (χ1v) is 4.87. The van der Waals surface area contributed by atoms with Crippen molar-refractivity contribution < 1.29 is 0 Å². The summed E-state index contributed by atoms with van der Waals surface area (Å²) >= 11 is 0. The SMILES string of the molecule is C#CC(NN)C1CCc2ccccc21. The summed E-state index contributed by atoms with van der Waals surface area (Å²) in [4.78, 5) is 0. The summed E-state index contributed by atoms with van der Waals surface area (Å²) in [6.45, 7) is 0. The van der Waals surface area contributed by atoms with E-state index >= 15 is 0 Å². The van der Waals surface area contributed by atoms with Crippen molar-refractivity contribution in [3.63, 3.8) is 0 Å². The molecule has 0 aromatic heterocycles. The highest BCUT2D eigenvalue weighted by atomic mass is 15.2. The van der Waals surface area contributed by atoms with Crippen LogP contribution in [0.15, 0.2) is 24.3 Å². The number of nitrogens with one attached hydrogen (secondary N) is 1. The second-order valence-electron chi connectivity index (χ2n) is 3.65. The second kappa shape index (κ2) is 3.83. The van der Waals surface area contributed by atoms with Gasteiger partial charge in [0, 0.05) is 5.92 Å². The predicted octanol–water partition coefficient (Wildman–Crippen LogP) is 1.18. The van der Waals surface area contributed by atoms with Crippen LogP contribution in [-0.4, -0.2) is 6.04 Å². The summed E-state index contributed by atoms with van der Waals surface area (Å²) in [5.74, 6) is 8.50. The number of benzene rings is 1. The maximum Gasteiger partial charge on any atom is 0.0883 e. The highest BCUT2D eigenvalue weighted by molar-refractivity contribution is 5.37. The molecule has 2 atom stereocenters. The molecule has 1 aromatic rings. The number of nitrogens with two attached hydrogens (primary N) is 1. The number of hydrogen-bond donors (Lipinski definition) is 2. The zero-order chi connectivity index (χ0) is 9.97. The van der Waals surface area contributed by atoms with Crippen LogP contribution in [0.5, 0.6) is 0 Å². The minimum absolute atomic E-state index is 0.0429. The molecule has 0 saturated heterocycles. The zero-order valence-electron chi connectivity index (χ0n) is 8.03. The molecule has 72 valence electrons. The molecule has 0 amide bonds. The monoisotopic (exact) mass is 186 g/mol. The van der Waals surface area contributed by atoms with Crippen molar-refractivity contribution in [3.8, 4) is 12.3 Å². The van der Waals surface area contributed by atoms with E-state index in [2.05, 4.69) is 35.6 Å². The normalized spacial score (nSPS) is 21.3. The molecule has 2 heteroatoms. The van der Waals surface area contributed by atoms with Crippen molar-refractivity contribution in [2.45, 2.75) is 24.8 Å². The molecule has 3 N–H and O–H groups in total. The summed E-state index contributed by atoms with van der Waals surface area (Å²) in [6.07, 6.45) is 7.64. The number of rotatable bonds is 2. The van der Waals surface area contributed by atoms with Crippen LogP contribution in [0.25, 0.3) is 0 Å². The molecule has 0 bridgehead atoms. The van der Waals surface area contributed by atoms with Gasteiger partial charge in [-0.25, -0.2) is 5.43 Å². The van der Waals surface area contributed by atoms with E-state index in [0.717, 1.165) is 12.8 Å². The van der Waals surface area contributed by atoms with Gasteiger partial charge in [-0.2, -0.15) is 0 Å². The molecular weight excluding hydrogens is 172 g/mol. The molecule has 0 spiro atoms. The number of terminal acetylenes is 1. The minimum Gasteiger partial charge on any atom is -0.270 e. The first-order chi connectivity index (χ1) is 6.86. The number of hydrogen-bond acceptors (Lipinski definition) is 2. The lowest BCUT2D eigenvalue weighted by atomic mass is 9.94. The van der Waals surface area contributed by atoms with E-state index in [0.29, 0.717) is 5.92 Å². The molecule has 0 saturated carbocycles. The van der Waals surface area contributed by atoms with Gasteiger partial charge in [0.15, 0.2) is 0 Å². The smallest absolute Gasteiger partial charge is 0.0883 e. The Balaban J connectivity index is 2.30. The fourth-order valence-corrected chi connectivity index (χ4v) is 2.22. The summed E-state index contributed by atoms with van der Waals surface area (Å²) in [5, 5.41) is 0. The molecule has 1 aromatic carbocycles. The first kappa shape index (κ1) is 9.26. The lowest BCUT2D eigenvalue weighted by Crippen LogP contribution is -2.37. The highest BCUT2D eigenvalue weighted by Crippen LogP contribution is 2.34. The zero-order valence-corrected chi connectivity index (χ0v) is 8.03. The lowest BCUT2D eigenvalue weighted by Gasteiger charge is -2.18. The maximum absolute atomic E-state index is 5.43. The summed E-state index contributed by atoms with van der Waals surface area (Å²) < 4.78 is 0. The van der Waals surface area contributed by atoms with Gasteiger partial charge in [0.05, 0.1) is 6.04 Å². The van der Waals surface area contributed by atoms with Gasteiger partial charge in [0.25, 0.3) is 0 Å². The number of hydrazine groups is 1. The molecule has 2 nitrogen and oxygen atoms in total. The van der Waals surface area contributed by atoms with Gasteiger partial charge in [0.2, 0.25) is 0 Å². The largest absolute Gasteiger partial charge is 0.270 e. The predicted molar refractivity (Wildman–Crippen MR) is 57.4 cm³/mol. The quantitative estimate of drug-likeness (QED) is 0.413. The Kier molecular flexibility index (Phi) is 2.53. The lowest BCUT2D eigenvalue weighted by molar-refractivity contribution is 0.520. The van der Waals surface area contributed by atoms with Crippen LogP contribution in [0, 0.1) is 12.3 Å². The molecule has 14 heavy (non-hydrogen) atoms. The molecule has 0 radical (unpaired) electrons. The van der Waals surface area contributed by atoms with Crippen LogP contribution < -0.4 is 11.3 Å². The summed E-state index contributed by atoms with van der Waals surface area (Å²) in [5.41, 5.74) is 5.46. The third kappa shape index (κ3) is 1.41. The van der Waals surface area contributed by atoms with Crippen molar-refractivity contribution in [1.29, 1.82) is 0 Å². The van der Waals surface area contributed by atoms with E-state index in [1.807, 2.05) is 0 Å². The Morgan fingerprint density at radius 3 is 3.00 bits per heavy atom. The molecule has 0 fully saturated rings. The summed E-state index contributed by atoms with van der Waals surface area (Å²) in [7, 11) is 0. The fourth-order valence-electron chi connectivity index (χ4n) is 2.22. The maximum atomic E-state index is 5.43. The third-order valence-corrected chi connectivity index (χ3v) is 2.94. The van der Waals surface area contributed by atoms with Crippen molar-refractivity contribution in [3.05, 3.63) is 35.4 Å². The Bertz CT molecular complexity index is 365. The van der Waals surface area contributed by atoms with E-state index in [-0.39, 0.29) is 6.04 Å². The Hall–Kier alpha value is -1.30. The molecule has 1 aliphatic carbocycles. The van der Waals surface area contributed by atoms with E-state index < -0.39 is 0 Å². The van der Waals surface area contributed by atoms with Gasteiger partial charge in [0.1, 0.15) is 0 Å². The molecule has 0 heterocycles. The van der Waals surface area contributed by atoms with Crippen LogP contribution >= 0.6 is 0 Å². The number of aryl methyl sites for hydroxylation is 1. The van der Waals surface area contributed by atoms with Gasteiger partial charge < -0.3 is 0 Å². The minimum atomic E-state index is -0.0429. The topological polar surface area (TPSA) is 38.0 Å². The summed E-state index contributed by atoms with van der Waals surface area (Å²) in [6, 6.07) is 8.40. The number of fused-ring (bicyclic) bond motifs is 1. The highest BCUT2D eigenvalue weighted by Gasteiger charge is 2.27. The Labute approximate surface area is 84.5 Å². The van der Waals surface area contributed by atoms with Crippen molar-refractivity contribution in [2.24, 2.45) is 5.84 Å². The van der Waals surface area contributed by atoms with Gasteiger partial charge in [-0.15, -0.1) is 6.42 Å². The standard InChI is InChI=1S/C12H14N2/c1-2-12(14-13)11-8-7-9-5-3-4-6-10(9)11/h1,3-6,11-12,14H,7-8,13H2. The van der Waals surface area contributed by atoms with Crippen molar-refractivity contribution in [1.82, 2.24) is 5.43 Å². The molecule has 2 rings (SSSR count). The van der Waals surface area contributed by atoms with Gasteiger partial charge in [-0.1, -0.05) is 30.2 Å². The van der Waals surface area contributed by atoms with Gasteiger partial charge >= 0.3 is 0 Å². The van der Waals surface area contributed by atoms with Gasteiger partial charge in [-0.05, 0) is 24.0 Å². The average Bonchev–Trinajstić information content (AvgIpc) is 2.65. The van der Waals surface area contributed by atoms with Crippen molar-refractivity contribution >= 4 is 0 Å². The van der Waals surface area contributed by atoms with Crippen LogP contribution in [-0.2, 0) is 6.42 Å². The van der Waals surface area contributed by atoms with E-state index in [1.165, 1.54) is 11.1 Å². The van der Waals surface area contributed by atoms with Crippen LogP contribution in [0.1, 0.15) is 23.5 Å². The Morgan fingerprint density at radius 2 is 2.29 bits per heavy atom. The van der Waals surface area contributed by atoms with E-state index in [1.54, 1.807) is 0 Å². The molecular formula is C12H14N2. The Morgan fingerprint density at radius 1 is 1.50 bits per heavy atom. The molecule has 1 aliphatic rings. The van der Waals surface area contributed by atoms with Crippen LogP contribution in [0.4, 0.5) is 0 Å². The molecule has 2 unspecified atom stereocenters. The first-order valence-electron chi connectivity index (χ1n) is 4.87. The van der Waals surface area contributed by atoms with Gasteiger partial charge in [-0.3, -0.25) is 5.84 Å². The third-order valence-electron chi connectivity index (χ3n) is 2.94. The second-order valence-corrected chi connectivity index (χ2v) is 3.65. The fraction of sp³-hybridized carbons (Fsp3) is 0.333. The van der Waals surface area contributed by atoms with E-state index in [9.17, 15) is 0 Å². The van der Waals surface area contributed by atoms with Crippen LogP contribution in [0.2, 0.25) is 0 Å². The van der Waals surface area contributed by atoms with Crippen LogP contribution in [0.3, 0.4) is 0 Å². The average molecular weight is 186 g/mol. The van der Waals surface area contributed by atoms with E-state index in [4.69, 9.17) is 12.3 Å².